The number of rotatable bonds is 6. The van der Waals surface area contributed by atoms with Crippen LogP contribution in [0.4, 0.5) is 0 Å². The van der Waals surface area contributed by atoms with Crippen molar-refractivity contribution in [2.24, 2.45) is 0 Å². The highest BCUT2D eigenvalue weighted by molar-refractivity contribution is 9.27. The van der Waals surface area contributed by atoms with Crippen LogP contribution in [0.3, 0.4) is 0 Å². The van der Waals surface area contributed by atoms with Crippen LogP contribution < -0.4 is 0 Å². The first-order valence-corrected chi connectivity index (χ1v) is 13.5. The Labute approximate surface area is 220 Å². The van der Waals surface area contributed by atoms with Gasteiger partial charge in [-0.05, 0) is 121 Å². The molecule has 0 N–H and O–H groups in total. The number of aryl methyl sites for hydroxylation is 2. The molecule has 2 aromatic carbocycles. The minimum Gasteiger partial charge on any atom is -0.357 e. The summed E-state index contributed by atoms with van der Waals surface area (Å²) in [6, 6.07) is 16.5. The van der Waals surface area contributed by atoms with E-state index in [0.29, 0.717) is 0 Å². The van der Waals surface area contributed by atoms with E-state index in [1.54, 1.807) is 0 Å². The third-order valence-corrected chi connectivity index (χ3v) is 12.4. The molecule has 156 valence electrons. The van der Waals surface area contributed by atoms with Gasteiger partial charge in [0.15, 0.2) is 0 Å². The van der Waals surface area contributed by atoms with Gasteiger partial charge in [-0.25, -0.2) is 0 Å². The molecule has 2 aromatic rings. The molecule has 0 aromatic heterocycles. The number of ether oxygens (including phenoxy) is 3. The van der Waals surface area contributed by atoms with E-state index in [0.717, 1.165) is 11.1 Å². The van der Waals surface area contributed by atoms with Crippen molar-refractivity contribution in [3.8, 4) is 0 Å². The molecule has 2 heterocycles. The maximum Gasteiger partial charge on any atom is 0.221 e. The molecule has 3 nitrogen and oxygen atoms in total. The summed E-state index contributed by atoms with van der Waals surface area (Å²) in [6.07, 6.45) is -0.884. The van der Waals surface area contributed by atoms with Crippen LogP contribution in [0.15, 0.2) is 48.5 Å². The van der Waals surface area contributed by atoms with Crippen molar-refractivity contribution in [1.82, 2.24) is 0 Å². The third kappa shape index (κ3) is 4.26. The van der Waals surface area contributed by atoms with Gasteiger partial charge in [0, 0.05) is 0 Å². The highest BCUT2D eigenvalue weighted by Crippen LogP contribution is 2.72. The molecule has 0 aliphatic carbocycles. The second-order valence-electron chi connectivity index (χ2n) is 7.25. The fourth-order valence-electron chi connectivity index (χ4n) is 3.11. The minimum absolute atomic E-state index is 0.442. The van der Waals surface area contributed by atoms with Crippen LogP contribution in [-0.2, 0) is 14.2 Å². The molecule has 9 heteroatoms. The van der Waals surface area contributed by atoms with Gasteiger partial charge in [0.05, 0.1) is 0 Å². The van der Waals surface area contributed by atoms with Gasteiger partial charge in [-0.3, -0.25) is 0 Å². The molecule has 0 spiro atoms. The van der Waals surface area contributed by atoms with E-state index < -0.39 is 28.1 Å². The van der Waals surface area contributed by atoms with Crippen LogP contribution in [0, 0.1) is 13.8 Å². The van der Waals surface area contributed by atoms with Gasteiger partial charge >= 0.3 is 0 Å². The molecule has 4 unspecified atom stereocenters. The van der Waals surface area contributed by atoms with Gasteiger partial charge < -0.3 is 14.2 Å². The van der Waals surface area contributed by atoms with Crippen LogP contribution in [0.25, 0.3) is 0 Å². The van der Waals surface area contributed by atoms with E-state index in [-0.39, 0.29) is 0 Å². The SMILES string of the molecule is Cc1ccc(C(OC(c2ccc(C)cc2)C2(Br)OC2(Br)Br)C2(Br)OC2(Br)Br)cc1. The van der Waals surface area contributed by atoms with Crippen molar-refractivity contribution in [2.45, 2.75) is 41.9 Å². The summed E-state index contributed by atoms with van der Waals surface area (Å²) in [5.41, 5.74) is 4.32. The molecule has 2 saturated heterocycles. The molecule has 2 fully saturated rings. The van der Waals surface area contributed by atoms with E-state index >= 15 is 0 Å². The number of halogens is 6. The average molecular weight is 784 g/mol. The maximum absolute atomic E-state index is 6.76. The monoisotopic (exact) mass is 778 g/mol. The Balaban J connectivity index is 1.75. The number of alkyl halides is 6. The third-order valence-electron chi connectivity index (χ3n) is 4.97. The Morgan fingerprint density at radius 3 is 1.14 bits per heavy atom. The molecule has 0 radical (unpaired) electrons. The lowest BCUT2D eigenvalue weighted by atomic mass is 10.0. The molecule has 0 saturated carbocycles. The second kappa shape index (κ2) is 7.90. The molecule has 0 amide bonds. The Bertz CT molecular complexity index is 841. The lowest BCUT2D eigenvalue weighted by Crippen LogP contribution is -2.30. The van der Waals surface area contributed by atoms with Crippen molar-refractivity contribution >= 4 is 95.6 Å². The van der Waals surface area contributed by atoms with Crippen LogP contribution >= 0.6 is 95.6 Å². The zero-order chi connectivity index (χ0) is 21.2. The van der Waals surface area contributed by atoms with Crippen molar-refractivity contribution in [3.63, 3.8) is 0 Å². The first-order valence-electron chi connectivity index (χ1n) is 8.72. The first-order chi connectivity index (χ1) is 13.4. The van der Waals surface area contributed by atoms with Crippen LogP contribution in [0.1, 0.15) is 34.5 Å². The molecular weight excluding hydrogens is 768 g/mol. The van der Waals surface area contributed by atoms with Crippen LogP contribution in [0.2, 0.25) is 0 Å². The van der Waals surface area contributed by atoms with Crippen molar-refractivity contribution < 1.29 is 14.2 Å². The minimum atomic E-state index is -0.794. The van der Waals surface area contributed by atoms with E-state index in [1.807, 2.05) is 0 Å². The fourth-order valence-corrected chi connectivity index (χ4v) is 7.07. The Morgan fingerprint density at radius 2 is 0.897 bits per heavy atom. The smallest absolute Gasteiger partial charge is 0.221 e. The van der Waals surface area contributed by atoms with Crippen molar-refractivity contribution in [3.05, 3.63) is 70.8 Å². The molecule has 2 aliphatic rings. The van der Waals surface area contributed by atoms with Gasteiger partial charge in [-0.15, -0.1) is 0 Å². The lowest BCUT2D eigenvalue weighted by molar-refractivity contribution is -0.0524. The lowest BCUT2D eigenvalue weighted by Gasteiger charge is -2.30. The highest BCUT2D eigenvalue weighted by atomic mass is 79.9. The largest absolute Gasteiger partial charge is 0.357 e. The summed E-state index contributed by atoms with van der Waals surface area (Å²) in [5.74, 6) is 0. The topological polar surface area (TPSA) is 34.3 Å². The summed E-state index contributed by atoms with van der Waals surface area (Å²) < 4.78 is 15.6. The highest BCUT2D eigenvalue weighted by Gasteiger charge is 2.75. The van der Waals surface area contributed by atoms with Gasteiger partial charge in [-0.1, -0.05) is 59.7 Å². The van der Waals surface area contributed by atoms with E-state index in [9.17, 15) is 0 Å². The molecular formula is C20H16Br6O3. The summed E-state index contributed by atoms with van der Waals surface area (Å²) in [6.45, 7) is 4.11. The van der Waals surface area contributed by atoms with Gasteiger partial charge in [0.1, 0.15) is 12.2 Å². The average Bonchev–Trinajstić information content (AvgIpc) is 3.37. The van der Waals surface area contributed by atoms with E-state index in [4.69, 9.17) is 14.2 Å². The van der Waals surface area contributed by atoms with E-state index in [2.05, 4.69) is 158 Å². The molecule has 4 atom stereocenters. The predicted octanol–water partition coefficient (Wildman–Crippen LogP) is 8.23. The zero-order valence-corrected chi connectivity index (χ0v) is 24.8. The summed E-state index contributed by atoms with van der Waals surface area (Å²) in [4.78, 5) is 0. The summed E-state index contributed by atoms with van der Waals surface area (Å²) in [5, 5.41) is 0. The molecule has 4 rings (SSSR count). The normalized spacial score (nSPS) is 31.2. The van der Waals surface area contributed by atoms with Gasteiger partial charge in [-0.2, -0.15) is 0 Å². The fraction of sp³-hybridized carbons (Fsp3) is 0.400. The summed E-state index contributed by atoms with van der Waals surface area (Å²) in [7, 11) is 0. The van der Waals surface area contributed by atoms with E-state index in [1.165, 1.54) is 11.1 Å². The predicted molar refractivity (Wildman–Crippen MR) is 136 cm³/mol. The Morgan fingerprint density at radius 1 is 0.621 bits per heavy atom. The molecule has 2 aliphatic heterocycles. The second-order valence-corrected chi connectivity index (χ2v) is 16.2. The quantitative estimate of drug-likeness (QED) is 0.219. The van der Waals surface area contributed by atoms with Gasteiger partial charge in [0.25, 0.3) is 0 Å². The van der Waals surface area contributed by atoms with Crippen LogP contribution in [-0.4, -0.2) is 15.9 Å². The standard InChI is InChI=1S/C20H16Br6O3/c1-11-3-7-13(8-4-11)15(17(21)19(23,24)28-17)27-16(18(22)20(25,26)29-18)14-9-5-12(2)6-10-14/h3-10,15-16H,1-2H3. The first kappa shape index (κ1) is 23.4. The number of hydrogen-bond donors (Lipinski definition) is 0. The number of epoxide rings is 2. The van der Waals surface area contributed by atoms with Crippen molar-refractivity contribution in [1.29, 1.82) is 0 Å². The van der Waals surface area contributed by atoms with Crippen LogP contribution in [0.5, 0.6) is 0 Å². The number of hydrogen-bond acceptors (Lipinski definition) is 3. The summed E-state index contributed by atoms with van der Waals surface area (Å²) >= 11 is 21.8. The molecule has 0 bridgehead atoms. The Hall–Kier alpha value is 1.20. The zero-order valence-electron chi connectivity index (χ0n) is 15.3. The number of benzene rings is 2. The molecule has 29 heavy (non-hydrogen) atoms. The maximum atomic E-state index is 6.76. The van der Waals surface area contributed by atoms with Crippen molar-refractivity contribution in [2.75, 3.05) is 0 Å². The van der Waals surface area contributed by atoms with Gasteiger partial charge in [0.2, 0.25) is 15.9 Å². The Kier molecular flexibility index (Phi) is 6.37.